The van der Waals surface area contributed by atoms with Gasteiger partial charge in [0.15, 0.2) is 0 Å². The summed E-state index contributed by atoms with van der Waals surface area (Å²) in [6.45, 7) is 0. The van der Waals surface area contributed by atoms with Crippen molar-refractivity contribution in [3.05, 3.63) is 11.1 Å². The number of rotatable bonds is 0. The molecule has 4 nitrogen and oxygen atoms in total. The van der Waals surface area contributed by atoms with Crippen molar-refractivity contribution in [3.63, 3.8) is 0 Å². The second-order valence-electron chi connectivity index (χ2n) is 2.13. The van der Waals surface area contributed by atoms with Crippen LogP contribution in [0.4, 0.5) is 0 Å². The van der Waals surface area contributed by atoms with Gasteiger partial charge in [-0.15, -0.1) is 0 Å². The van der Waals surface area contributed by atoms with E-state index in [4.69, 9.17) is 0 Å². The van der Waals surface area contributed by atoms with E-state index in [0.29, 0.717) is 24.0 Å². The van der Waals surface area contributed by atoms with Crippen molar-refractivity contribution in [1.29, 1.82) is 0 Å². The SMILES string of the molecule is O=S(=O)=C=C1CCC1=C=S(=O)=O. The van der Waals surface area contributed by atoms with Gasteiger partial charge in [0.25, 0.3) is 20.6 Å². The summed E-state index contributed by atoms with van der Waals surface area (Å²) in [4.78, 5) is 0. The van der Waals surface area contributed by atoms with Crippen LogP contribution >= 0.6 is 0 Å². The molecule has 1 fully saturated rings. The first-order chi connectivity index (χ1) is 5.59. The Labute approximate surface area is 71.9 Å². The predicted octanol–water partition coefficient (Wildman–Crippen LogP) is -0.807. The highest BCUT2D eigenvalue weighted by molar-refractivity contribution is 7.71. The van der Waals surface area contributed by atoms with Crippen molar-refractivity contribution in [2.45, 2.75) is 12.8 Å². The molecular weight excluding hydrogens is 200 g/mol. The standard InChI is InChI=1S/C6H4O4S2/c7-11(8)3-5-1-2-6(5)4-12(9)10/h1-2H2. The molecule has 1 saturated carbocycles. The summed E-state index contributed by atoms with van der Waals surface area (Å²) in [5.74, 6) is 0. The monoisotopic (exact) mass is 204 g/mol. The fraction of sp³-hybridized carbons (Fsp3) is 0.333. The molecule has 0 bridgehead atoms. The van der Waals surface area contributed by atoms with Gasteiger partial charge < -0.3 is 0 Å². The fourth-order valence-corrected chi connectivity index (χ4v) is 1.65. The fourth-order valence-electron chi connectivity index (χ4n) is 0.801. The van der Waals surface area contributed by atoms with Crippen molar-refractivity contribution in [2.24, 2.45) is 0 Å². The van der Waals surface area contributed by atoms with E-state index in [9.17, 15) is 16.8 Å². The Morgan fingerprint density at radius 3 is 1.33 bits per heavy atom. The summed E-state index contributed by atoms with van der Waals surface area (Å²) >= 11 is 0. The largest absolute Gasteiger partial charge is 0.260 e. The maximum atomic E-state index is 10.1. The molecule has 0 radical (unpaired) electrons. The van der Waals surface area contributed by atoms with Crippen LogP contribution in [0.3, 0.4) is 0 Å². The van der Waals surface area contributed by atoms with Gasteiger partial charge in [0.2, 0.25) is 0 Å². The normalized spacial score (nSPS) is 14.3. The van der Waals surface area contributed by atoms with Gasteiger partial charge in [-0.3, -0.25) is 0 Å². The summed E-state index contributed by atoms with van der Waals surface area (Å²) in [5.41, 5.74) is 0.820. The van der Waals surface area contributed by atoms with Gasteiger partial charge in [0.1, 0.15) is 0 Å². The van der Waals surface area contributed by atoms with Crippen molar-refractivity contribution in [2.75, 3.05) is 0 Å². The molecule has 0 unspecified atom stereocenters. The van der Waals surface area contributed by atoms with Gasteiger partial charge in [-0.1, -0.05) is 0 Å². The molecule has 0 aromatic heterocycles. The van der Waals surface area contributed by atoms with Crippen LogP contribution in [-0.2, 0) is 20.6 Å². The molecule has 1 aliphatic carbocycles. The van der Waals surface area contributed by atoms with Crippen molar-refractivity contribution in [1.82, 2.24) is 0 Å². The average molecular weight is 204 g/mol. The molecule has 0 atom stereocenters. The Kier molecular flexibility index (Phi) is 2.68. The highest BCUT2D eigenvalue weighted by atomic mass is 32.2. The quantitative estimate of drug-likeness (QED) is 0.484. The second kappa shape index (κ2) is 3.56. The minimum Gasteiger partial charge on any atom is -0.176 e. The molecule has 0 aromatic rings. The average Bonchev–Trinajstić information content (AvgIpc) is 1.93. The van der Waals surface area contributed by atoms with Crippen LogP contribution in [0.5, 0.6) is 0 Å². The molecule has 0 N–H and O–H groups in total. The van der Waals surface area contributed by atoms with Crippen molar-refractivity contribution < 1.29 is 16.8 Å². The van der Waals surface area contributed by atoms with Gasteiger partial charge >= 0.3 is 0 Å². The molecule has 0 amide bonds. The van der Waals surface area contributed by atoms with Crippen molar-refractivity contribution in [3.8, 4) is 0 Å². The molecule has 0 saturated heterocycles. The Morgan fingerprint density at radius 2 is 1.17 bits per heavy atom. The minimum atomic E-state index is -2.38. The number of allylic oxidation sites excluding steroid dienone is 2. The Hall–Kier alpha value is -1.06. The number of hydrogen-bond acceptors (Lipinski definition) is 4. The zero-order chi connectivity index (χ0) is 9.14. The molecular formula is C6H4O4S2. The lowest BCUT2D eigenvalue weighted by Crippen LogP contribution is -2.04. The van der Waals surface area contributed by atoms with E-state index in [-0.39, 0.29) is 0 Å². The molecule has 0 aromatic carbocycles. The molecule has 6 heteroatoms. The summed E-state index contributed by atoms with van der Waals surface area (Å²) < 4.78 is 40.4. The van der Waals surface area contributed by atoms with E-state index in [0.717, 1.165) is 0 Å². The molecule has 64 valence electrons. The summed E-state index contributed by atoms with van der Waals surface area (Å²) in [7, 11) is -4.76. The van der Waals surface area contributed by atoms with Crippen molar-refractivity contribution >= 4 is 30.6 Å². The first kappa shape index (κ1) is 9.03. The molecule has 0 spiro atoms. The topological polar surface area (TPSA) is 68.3 Å². The lowest BCUT2D eigenvalue weighted by molar-refractivity contribution is 0.625. The molecule has 0 aliphatic heterocycles. The van der Waals surface area contributed by atoms with Crippen LogP contribution in [0.15, 0.2) is 11.1 Å². The first-order valence-electron chi connectivity index (χ1n) is 3.03. The molecule has 0 heterocycles. The third kappa shape index (κ3) is 2.22. The van der Waals surface area contributed by atoms with Gasteiger partial charge in [-0.05, 0) is 12.8 Å². The number of hydrogen-bond donors (Lipinski definition) is 0. The van der Waals surface area contributed by atoms with Gasteiger partial charge in [-0.2, -0.15) is 16.8 Å². The Morgan fingerprint density at radius 1 is 0.833 bits per heavy atom. The smallest absolute Gasteiger partial charge is 0.176 e. The van der Waals surface area contributed by atoms with Crippen LogP contribution in [0.1, 0.15) is 12.8 Å². The third-order valence-corrected chi connectivity index (χ3v) is 2.23. The third-order valence-electron chi connectivity index (χ3n) is 1.40. The van der Waals surface area contributed by atoms with E-state index in [1.54, 1.807) is 0 Å². The highest BCUT2D eigenvalue weighted by Crippen LogP contribution is 2.27. The van der Waals surface area contributed by atoms with E-state index in [1.807, 2.05) is 0 Å². The lowest BCUT2D eigenvalue weighted by atomic mass is 9.89. The predicted molar refractivity (Wildman–Crippen MR) is 44.1 cm³/mol. The summed E-state index contributed by atoms with van der Waals surface area (Å²) in [6.07, 6.45) is 1.10. The van der Waals surface area contributed by atoms with Gasteiger partial charge in [0.05, 0.1) is 0 Å². The van der Waals surface area contributed by atoms with E-state index in [1.165, 1.54) is 0 Å². The van der Waals surface area contributed by atoms with Crippen LogP contribution in [-0.4, -0.2) is 26.9 Å². The Balaban J connectivity index is 3.41. The van der Waals surface area contributed by atoms with E-state index in [2.05, 4.69) is 10.0 Å². The molecule has 12 heavy (non-hydrogen) atoms. The second-order valence-corrected chi connectivity index (χ2v) is 3.48. The van der Waals surface area contributed by atoms with Gasteiger partial charge in [-0.25, -0.2) is 0 Å². The van der Waals surface area contributed by atoms with Crippen LogP contribution in [0, 0.1) is 0 Å². The van der Waals surface area contributed by atoms with Crippen LogP contribution in [0.2, 0.25) is 0 Å². The van der Waals surface area contributed by atoms with E-state index < -0.39 is 20.6 Å². The molecule has 1 aliphatic rings. The summed E-state index contributed by atoms with van der Waals surface area (Å²) in [6, 6.07) is 0. The van der Waals surface area contributed by atoms with E-state index >= 15 is 0 Å². The summed E-state index contributed by atoms with van der Waals surface area (Å²) in [5, 5.41) is 4.19. The van der Waals surface area contributed by atoms with Crippen LogP contribution < -0.4 is 0 Å². The Bertz CT molecular complexity index is 466. The maximum Gasteiger partial charge on any atom is 0.260 e. The zero-order valence-electron chi connectivity index (χ0n) is 5.86. The molecule has 1 rings (SSSR count). The zero-order valence-corrected chi connectivity index (χ0v) is 7.50. The van der Waals surface area contributed by atoms with Gasteiger partial charge in [0, 0.05) is 21.2 Å². The minimum absolute atomic E-state index is 0.410. The maximum absolute atomic E-state index is 10.1. The lowest BCUT2D eigenvalue weighted by Gasteiger charge is -2.13. The highest BCUT2D eigenvalue weighted by Gasteiger charge is 2.16. The first-order valence-corrected chi connectivity index (χ1v) is 5.18. The van der Waals surface area contributed by atoms with Crippen LogP contribution in [0.25, 0.3) is 0 Å².